The number of aromatic nitrogens is 1. The second-order valence-corrected chi connectivity index (χ2v) is 7.62. The smallest absolute Gasteiger partial charge is 0.190 e. The molecule has 0 aromatic carbocycles. The van der Waals surface area contributed by atoms with E-state index in [1.54, 1.807) is 0 Å². The lowest BCUT2D eigenvalue weighted by Crippen LogP contribution is -2.40. The van der Waals surface area contributed by atoms with Crippen molar-refractivity contribution < 1.29 is 0 Å². The first-order valence-electron chi connectivity index (χ1n) is 9.35. The van der Waals surface area contributed by atoms with Gasteiger partial charge in [0.25, 0.3) is 0 Å². The number of guanidine groups is 1. The molecule has 0 unspecified atom stereocenters. The number of nitrogens with one attached hydrogen (secondary N) is 2. The van der Waals surface area contributed by atoms with Gasteiger partial charge in [0.05, 0.1) is 5.01 Å². The van der Waals surface area contributed by atoms with Gasteiger partial charge >= 0.3 is 0 Å². The van der Waals surface area contributed by atoms with Gasteiger partial charge in [-0.2, -0.15) is 0 Å². The van der Waals surface area contributed by atoms with E-state index in [0.29, 0.717) is 0 Å². The van der Waals surface area contributed by atoms with E-state index in [-0.39, 0.29) is 24.0 Å². The molecule has 0 spiro atoms. The first kappa shape index (κ1) is 22.6. The predicted octanol–water partition coefficient (Wildman–Crippen LogP) is 3.15. The molecule has 0 atom stereocenters. The molecule has 0 radical (unpaired) electrons. The molecule has 1 saturated heterocycles. The largest absolute Gasteiger partial charge is 0.356 e. The molecule has 1 aromatic rings. The number of likely N-dealkylation sites (tertiary alicyclic amines) is 1. The van der Waals surface area contributed by atoms with E-state index < -0.39 is 0 Å². The summed E-state index contributed by atoms with van der Waals surface area (Å²) in [5.41, 5.74) is 0. The van der Waals surface area contributed by atoms with Gasteiger partial charge in [0.1, 0.15) is 0 Å². The second-order valence-electron chi connectivity index (χ2n) is 6.42. The van der Waals surface area contributed by atoms with Gasteiger partial charge in [-0.05, 0) is 51.2 Å². The van der Waals surface area contributed by atoms with Gasteiger partial charge in [0, 0.05) is 37.6 Å². The molecule has 0 amide bonds. The Hall–Kier alpha value is -0.410. The van der Waals surface area contributed by atoms with Gasteiger partial charge in [0.2, 0.25) is 0 Å². The number of piperidine rings is 1. The summed E-state index contributed by atoms with van der Waals surface area (Å²) in [4.78, 5) is 12.7. The molecule has 1 aliphatic rings. The molecular weight excluding hydrogens is 445 g/mol. The van der Waals surface area contributed by atoms with Crippen molar-refractivity contribution >= 4 is 41.3 Å². The Bertz CT molecular complexity index is 497. The maximum atomic E-state index is 4.46. The molecule has 144 valence electrons. The standard InChI is InChI=1S/C18H33N5S.HI/c1-4-16-14-22-17(24-16)7-11-21-18(19-3)20-10-6-15-8-12-23(5-2)13-9-15;/h14-15H,4-13H2,1-3H3,(H2,19,20,21);1H. The Morgan fingerprint density at radius 2 is 2.00 bits per heavy atom. The van der Waals surface area contributed by atoms with Crippen LogP contribution in [0.5, 0.6) is 0 Å². The molecule has 0 bridgehead atoms. The van der Waals surface area contributed by atoms with E-state index >= 15 is 0 Å². The maximum absolute atomic E-state index is 4.46. The highest BCUT2D eigenvalue weighted by Crippen LogP contribution is 2.19. The van der Waals surface area contributed by atoms with Crippen LogP contribution in [0.3, 0.4) is 0 Å². The van der Waals surface area contributed by atoms with Crippen molar-refractivity contribution in [1.82, 2.24) is 20.5 Å². The summed E-state index contributed by atoms with van der Waals surface area (Å²) < 4.78 is 0. The molecule has 5 nitrogen and oxygen atoms in total. The molecule has 1 aromatic heterocycles. The number of hydrogen-bond donors (Lipinski definition) is 2. The van der Waals surface area contributed by atoms with Crippen LogP contribution in [-0.4, -0.2) is 55.6 Å². The Balaban J connectivity index is 0.00000312. The Morgan fingerprint density at radius 3 is 2.60 bits per heavy atom. The second kappa shape index (κ2) is 12.9. The lowest BCUT2D eigenvalue weighted by molar-refractivity contribution is 0.187. The summed E-state index contributed by atoms with van der Waals surface area (Å²) >= 11 is 1.82. The number of hydrogen-bond acceptors (Lipinski definition) is 4. The van der Waals surface area contributed by atoms with Crippen molar-refractivity contribution in [3.05, 3.63) is 16.1 Å². The van der Waals surface area contributed by atoms with Crippen molar-refractivity contribution in [3.8, 4) is 0 Å². The highest BCUT2D eigenvalue weighted by atomic mass is 127. The average Bonchev–Trinajstić information content (AvgIpc) is 3.09. The fraction of sp³-hybridized carbons (Fsp3) is 0.778. The summed E-state index contributed by atoms with van der Waals surface area (Å²) in [6.45, 7) is 10.0. The van der Waals surface area contributed by atoms with E-state index in [9.17, 15) is 0 Å². The van der Waals surface area contributed by atoms with Crippen molar-refractivity contribution in [1.29, 1.82) is 0 Å². The van der Waals surface area contributed by atoms with Crippen molar-refractivity contribution in [2.45, 2.75) is 46.0 Å². The number of aliphatic imine (C=N–C) groups is 1. The molecule has 7 heteroatoms. The lowest BCUT2D eigenvalue weighted by atomic mass is 9.93. The number of halogens is 1. The van der Waals surface area contributed by atoms with E-state index in [1.165, 1.54) is 48.8 Å². The first-order chi connectivity index (χ1) is 11.7. The molecule has 2 N–H and O–H groups in total. The van der Waals surface area contributed by atoms with Crippen LogP contribution in [0, 0.1) is 5.92 Å². The zero-order chi connectivity index (χ0) is 17.2. The van der Waals surface area contributed by atoms with Crippen molar-refractivity contribution in [3.63, 3.8) is 0 Å². The monoisotopic (exact) mass is 479 g/mol. The van der Waals surface area contributed by atoms with Crippen molar-refractivity contribution in [2.75, 3.05) is 39.8 Å². The van der Waals surface area contributed by atoms with Gasteiger partial charge in [-0.3, -0.25) is 4.99 Å². The maximum Gasteiger partial charge on any atom is 0.190 e. The SMILES string of the molecule is CCc1cnc(CCNC(=NC)NCCC2CCN(CC)CC2)s1.I. The molecule has 2 heterocycles. The summed E-state index contributed by atoms with van der Waals surface area (Å²) in [5, 5.41) is 8.06. The van der Waals surface area contributed by atoms with E-state index in [4.69, 9.17) is 0 Å². The van der Waals surface area contributed by atoms with Crippen LogP contribution >= 0.6 is 35.3 Å². The topological polar surface area (TPSA) is 52.6 Å². The third kappa shape index (κ3) is 8.21. The van der Waals surface area contributed by atoms with Gasteiger partial charge < -0.3 is 15.5 Å². The zero-order valence-corrected chi connectivity index (χ0v) is 19.0. The molecule has 1 fully saturated rings. The van der Waals surface area contributed by atoms with Crippen LogP contribution in [0.2, 0.25) is 0 Å². The number of rotatable bonds is 8. The molecule has 2 rings (SSSR count). The molecular formula is C18H34IN5S. The Labute approximate surface area is 174 Å². The minimum Gasteiger partial charge on any atom is -0.356 e. The normalized spacial score (nSPS) is 16.5. The number of aryl methyl sites for hydroxylation is 1. The van der Waals surface area contributed by atoms with E-state index in [0.717, 1.165) is 37.8 Å². The van der Waals surface area contributed by atoms with Gasteiger partial charge in [-0.25, -0.2) is 4.98 Å². The minimum absolute atomic E-state index is 0. The van der Waals surface area contributed by atoms with Crippen LogP contribution in [0.15, 0.2) is 11.2 Å². The summed E-state index contributed by atoms with van der Waals surface area (Å²) in [7, 11) is 1.84. The van der Waals surface area contributed by atoms with Crippen molar-refractivity contribution in [2.24, 2.45) is 10.9 Å². The van der Waals surface area contributed by atoms with Gasteiger partial charge in [0.15, 0.2) is 5.96 Å². The zero-order valence-electron chi connectivity index (χ0n) is 15.9. The number of thiazole rings is 1. The molecule has 0 saturated carbocycles. The van der Waals surface area contributed by atoms with Gasteiger partial charge in [-0.1, -0.05) is 13.8 Å². The van der Waals surface area contributed by atoms with Crippen LogP contribution in [0.25, 0.3) is 0 Å². The summed E-state index contributed by atoms with van der Waals surface area (Å²) in [6.07, 6.45) is 7.95. The Morgan fingerprint density at radius 1 is 1.28 bits per heavy atom. The average molecular weight is 479 g/mol. The van der Waals surface area contributed by atoms with Crippen LogP contribution in [0.4, 0.5) is 0 Å². The van der Waals surface area contributed by atoms with Crippen LogP contribution in [0.1, 0.15) is 43.0 Å². The third-order valence-corrected chi connectivity index (χ3v) is 6.01. The Kier molecular flexibility index (Phi) is 11.6. The molecule has 0 aliphatic carbocycles. The van der Waals surface area contributed by atoms with E-state index in [1.807, 2.05) is 24.6 Å². The van der Waals surface area contributed by atoms with Crippen LogP contribution in [-0.2, 0) is 12.8 Å². The minimum atomic E-state index is 0. The fourth-order valence-electron chi connectivity index (χ4n) is 3.12. The molecule has 25 heavy (non-hydrogen) atoms. The van der Waals surface area contributed by atoms with E-state index in [2.05, 4.69) is 39.4 Å². The lowest BCUT2D eigenvalue weighted by Gasteiger charge is -2.31. The molecule has 1 aliphatic heterocycles. The predicted molar refractivity (Wildman–Crippen MR) is 119 cm³/mol. The highest BCUT2D eigenvalue weighted by molar-refractivity contribution is 14.0. The summed E-state index contributed by atoms with van der Waals surface area (Å²) in [6, 6.07) is 0. The van der Waals surface area contributed by atoms with Crippen LogP contribution < -0.4 is 10.6 Å². The first-order valence-corrected chi connectivity index (χ1v) is 10.2. The highest BCUT2D eigenvalue weighted by Gasteiger charge is 2.17. The van der Waals surface area contributed by atoms with Gasteiger partial charge in [-0.15, -0.1) is 35.3 Å². The summed E-state index contributed by atoms with van der Waals surface area (Å²) in [5.74, 6) is 1.77. The fourth-order valence-corrected chi connectivity index (χ4v) is 3.98. The number of nitrogens with zero attached hydrogens (tertiary/aromatic N) is 3. The quantitative estimate of drug-likeness (QED) is 0.342. The third-order valence-electron chi connectivity index (χ3n) is 4.80.